The van der Waals surface area contributed by atoms with E-state index < -0.39 is 15.8 Å². The molecule has 2 aromatic heterocycles. The summed E-state index contributed by atoms with van der Waals surface area (Å²) in [4.78, 5) is 15.7. The van der Waals surface area contributed by atoms with Gasteiger partial charge in [0.25, 0.3) is 0 Å². The SMILES string of the molecule is Cc1cc(Oc2ccc3cc(C(=O)O)n(C)c3c2)ncc1NCS(=O)(=O)c1ccc(Cl)c(Cl)c1. The average Bonchev–Trinajstić information content (AvgIpc) is 3.11. The number of hydrogen-bond donors (Lipinski definition) is 2. The standard InChI is InChI=1S/C23H19Cl2N3O5S/c1-13-7-22(33-15-4-3-14-8-21(23(29)30)28(2)20(14)9-15)26-11-19(13)27-12-34(31,32)16-5-6-17(24)18(25)10-16/h3-11,27H,12H2,1-2H3,(H,29,30). The molecule has 4 aromatic rings. The van der Waals surface area contributed by atoms with E-state index in [-0.39, 0.29) is 26.5 Å². The predicted molar refractivity (Wildman–Crippen MR) is 131 cm³/mol. The molecule has 8 nitrogen and oxygen atoms in total. The summed E-state index contributed by atoms with van der Waals surface area (Å²) in [6.07, 6.45) is 1.48. The summed E-state index contributed by atoms with van der Waals surface area (Å²) >= 11 is 11.8. The van der Waals surface area contributed by atoms with Gasteiger partial charge >= 0.3 is 5.97 Å². The van der Waals surface area contributed by atoms with Crippen LogP contribution in [0.25, 0.3) is 10.9 Å². The van der Waals surface area contributed by atoms with E-state index >= 15 is 0 Å². The maximum Gasteiger partial charge on any atom is 0.352 e. The Morgan fingerprint density at radius 1 is 1.12 bits per heavy atom. The van der Waals surface area contributed by atoms with Crippen molar-refractivity contribution in [2.45, 2.75) is 11.8 Å². The zero-order chi connectivity index (χ0) is 24.6. The lowest BCUT2D eigenvalue weighted by atomic mass is 10.2. The van der Waals surface area contributed by atoms with Crippen molar-refractivity contribution in [1.82, 2.24) is 9.55 Å². The van der Waals surface area contributed by atoms with Crippen LogP contribution < -0.4 is 10.1 Å². The van der Waals surface area contributed by atoms with Gasteiger partial charge in [0, 0.05) is 24.6 Å². The molecule has 0 atom stereocenters. The first-order chi connectivity index (χ1) is 16.0. The van der Waals surface area contributed by atoms with Crippen molar-refractivity contribution >= 4 is 55.6 Å². The number of benzene rings is 2. The predicted octanol–water partition coefficient (Wildman–Crippen LogP) is 5.52. The summed E-state index contributed by atoms with van der Waals surface area (Å²) < 4.78 is 32.7. The van der Waals surface area contributed by atoms with Gasteiger partial charge in [0.15, 0.2) is 9.84 Å². The van der Waals surface area contributed by atoms with E-state index in [9.17, 15) is 18.3 Å². The molecular formula is C23H19Cl2N3O5S. The van der Waals surface area contributed by atoms with Crippen LogP contribution in [0.5, 0.6) is 11.6 Å². The van der Waals surface area contributed by atoms with Gasteiger partial charge in [0.2, 0.25) is 5.88 Å². The van der Waals surface area contributed by atoms with Gasteiger partial charge in [0.05, 0.1) is 32.3 Å². The second kappa shape index (κ2) is 9.17. The Balaban J connectivity index is 1.49. The van der Waals surface area contributed by atoms with E-state index in [0.29, 0.717) is 22.8 Å². The topological polar surface area (TPSA) is 111 Å². The number of ether oxygens (including phenoxy) is 1. The number of pyridine rings is 1. The minimum Gasteiger partial charge on any atom is -0.477 e. The van der Waals surface area contributed by atoms with Crippen molar-refractivity contribution in [3.8, 4) is 11.6 Å². The minimum absolute atomic E-state index is 0.0575. The molecule has 0 bridgehead atoms. The van der Waals surface area contributed by atoms with E-state index in [1.807, 2.05) is 0 Å². The zero-order valence-corrected chi connectivity index (χ0v) is 20.4. The number of aromatic carboxylic acids is 1. The van der Waals surface area contributed by atoms with Crippen LogP contribution in [0, 0.1) is 6.92 Å². The first kappa shape index (κ1) is 23.9. The van der Waals surface area contributed by atoms with E-state index in [4.69, 9.17) is 27.9 Å². The van der Waals surface area contributed by atoms with Crippen molar-refractivity contribution in [2.75, 3.05) is 11.2 Å². The van der Waals surface area contributed by atoms with Crippen LogP contribution in [-0.4, -0.2) is 34.9 Å². The van der Waals surface area contributed by atoms with Crippen molar-refractivity contribution in [1.29, 1.82) is 0 Å². The maximum absolute atomic E-state index is 12.6. The number of carbonyl (C=O) groups is 1. The fourth-order valence-electron chi connectivity index (χ4n) is 3.40. The molecule has 34 heavy (non-hydrogen) atoms. The van der Waals surface area contributed by atoms with Crippen LogP contribution in [-0.2, 0) is 16.9 Å². The van der Waals surface area contributed by atoms with Gasteiger partial charge in [-0.15, -0.1) is 0 Å². The van der Waals surface area contributed by atoms with E-state index in [2.05, 4.69) is 10.3 Å². The second-order valence-corrected chi connectivity index (χ2v) is 10.4. The maximum atomic E-state index is 12.6. The Labute approximate surface area is 205 Å². The lowest BCUT2D eigenvalue weighted by molar-refractivity contribution is 0.0687. The molecule has 2 aromatic carbocycles. The third-order valence-corrected chi connectivity index (χ3v) is 7.48. The lowest BCUT2D eigenvalue weighted by Gasteiger charge is -2.12. The Kier molecular flexibility index (Phi) is 6.44. The average molecular weight is 520 g/mol. The van der Waals surface area contributed by atoms with Crippen LogP contribution in [0.1, 0.15) is 16.1 Å². The first-order valence-corrected chi connectivity index (χ1v) is 12.3. The zero-order valence-electron chi connectivity index (χ0n) is 18.0. The van der Waals surface area contributed by atoms with Crippen LogP contribution in [0.15, 0.2) is 59.6 Å². The molecule has 2 heterocycles. The molecule has 0 fully saturated rings. The summed E-state index contributed by atoms with van der Waals surface area (Å²) in [5, 5.41) is 13.4. The highest BCUT2D eigenvalue weighted by atomic mass is 35.5. The molecule has 0 aliphatic rings. The quantitative estimate of drug-likeness (QED) is 0.330. The number of rotatable bonds is 7. The largest absolute Gasteiger partial charge is 0.477 e. The van der Waals surface area contributed by atoms with Crippen LogP contribution in [0.3, 0.4) is 0 Å². The minimum atomic E-state index is -3.66. The normalized spacial score (nSPS) is 11.5. The number of carboxylic acids is 1. The van der Waals surface area contributed by atoms with E-state index in [0.717, 1.165) is 10.9 Å². The Morgan fingerprint density at radius 2 is 1.88 bits per heavy atom. The molecule has 2 N–H and O–H groups in total. The van der Waals surface area contributed by atoms with Gasteiger partial charge in [-0.2, -0.15) is 0 Å². The number of carboxylic acid groups (broad SMARTS) is 1. The molecule has 0 saturated heterocycles. The number of aromatic nitrogens is 2. The third kappa shape index (κ3) is 4.82. The number of nitrogens with one attached hydrogen (secondary N) is 1. The Hall–Kier alpha value is -3.27. The van der Waals surface area contributed by atoms with Gasteiger partial charge in [0.1, 0.15) is 17.3 Å². The molecule has 0 spiro atoms. The smallest absolute Gasteiger partial charge is 0.352 e. The molecule has 0 aliphatic carbocycles. The highest BCUT2D eigenvalue weighted by Gasteiger charge is 2.17. The number of nitrogens with zero attached hydrogens (tertiary/aromatic N) is 2. The molecule has 0 unspecified atom stereocenters. The Morgan fingerprint density at radius 3 is 2.56 bits per heavy atom. The molecule has 11 heteroatoms. The molecule has 4 rings (SSSR count). The fourth-order valence-corrected chi connectivity index (χ4v) is 4.84. The van der Waals surface area contributed by atoms with Crippen molar-refractivity contribution in [3.05, 3.63) is 76.0 Å². The molecule has 0 amide bonds. The summed E-state index contributed by atoms with van der Waals surface area (Å²) in [6.45, 7) is 1.79. The van der Waals surface area contributed by atoms with Gasteiger partial charge in [-0.25, -0.2) is 18.2 Å². The highest BCUT2D eigenvalue weighted by Crippen LogP contribution is 2.29. The summed E-state index contributed by atoms with van der Waals surface area (Å²) in [6, 6.07) is 12.6. The number of halogens is 2. The number of anilines is 1. The third-order valence-electron chi connectivity index (χ3n) is 5.25. The fraction of sp³-hybridized carbons (Fsp3) is 0.130. The van der Waals surface area contributed by atoms with Crippen molar-refractivity contribution in [3.63, 3.8) is 0 Å². The highest BCUT2D eigenvalue weighted by molar-refractivity contribution is 7.91. The number of sulfone groups is 1. The van der Waals surface area contributed by atoms with Gasteiger partial charge < -0.3 is 19.7 Å². The van der Waals surface area contributed by atoms with Gasteiger partial charge in [-0.3, -0.25) is 0 Å². The van der Waals surface area contributed by atoms with Gasteiger partial charge in [-0.05, 0) is 48.9 Å². The molecule has 176 valence electrons. The van der Waals surface area contributed by atoms with Gasteiger partial charge in [-0.1, -0.05) is 23.2 Å². The van der Waals surface area contributed by atoms with Crippen LogP contribution in [0.4, 0.5) is 5.69 Å². The summed E-state index contributed by atoms with van der Waals surface area (Å²) in [5.74, 6) is -0.574. The van der Waals surface area contributed by atoms with Crippen molar-refractivity contribution < 1.29 is 23.1 Å². The van der Waals surface area contributed by atoms with Crippen LogP contribution in [0.2, 0.25) is 10.0 Å². The monoisotopic (exact) mass is 519 g/mol. The summed E-state index contributed by atoms with van der Waals surface area (Å²) in [5.41, 5.74) is 2.13. The molecule has 0 saturated carbocycles. The molecule has 0 radical (unpaired) electrons. The van der Waals surface area contributed by atoms with Crippen molar-refractivity contribution in [2.24, 2.45) is 7.05 Å². The van der Waals surface area contributed by atoms with E-state index in [1.54, 1.807) is 48.9 Å². The molecular weight excluding hydrogens is 501 g/mol. The van der Waals surface area contributed by atoms with E-state index in [1.165, 1.54) is 24.4 Å². The van der Waals surface area contributed by atoms with Crippen LogP contribution >= 0.6 is 23.2 Å². The number of hydrogen-bond acceptors (Lipinski definition) is 6. The Bertz CT molecular complexity index is 1530. The summed E-state index contributed by atoms with van der Waals surface area (Å²) in [7, 11) is -1.99. The number of fused-ring (bicyclic) bond motifs is 1. The number of aryl methyl sites for hydroxylation is 2. The molecule has 0 aliphatic heterocycles. The lowest BCUT2D eigenvalue weighted by Crippen LogP contribution is -2.15. The first-order valence-electron chi connectivity index (χ1n) is 9.94. The second-order valence-electron chi connectivity index (χ2n) is 7.57.